The van der Waals surface area contributed by atoms with Gasteiger partial charge in [-0.1, -0.05) is 0 Å². The monoisotopic (exact) mass is 194 g/mol. The van der Waals surface area contributed by atoms with Crippen LogP contribution in [0, 0.1) is 0 Å². The van der Waals surface area contributed by atoms with Crippen molar-refractivity contribution in [3.05, 3.63) is 24.3 Å². The quantitative estimate of drug-likeness (QED) is 0.726. The van der Waals surface area contributed by atoms with Crippen molar-refractivity contribution in [2.45, 2.75) is 13.3 Å². The van der Waals surface area contributed by atoms with Gasteiger partial charge in [0.15, 0.2) is 0 Å². The standard InChI is InChI=1S/C9H14N4O/c1-2-12-9(14)13-4-3-8-5-10-7-11-6-8/h5-7H,2-4H2,1H3,(H2,12,13,14). The molecule has 0 aliphatic carbocycles. The molecule has 0 radical (unpaired) electrons. The summed E-state index contributed by atoms with van der Waals surface area (Å²) in [6.07, 6.45) is 5.72. The Morgan fingerprint density at radius 3 is 2.71 bits per heavy atom. The maximum atomic E-state index is 11.0. The summed E-state index contributed by atoms with van der Waals surface area (Å²) in [6, 6.07) is -0.135. The minimum absolute atomic E-state index is 0.135. The van der Waals surface area contributed by atoms with E-state index in [1.54, 1.807) is 12.4 Å². The highest BCUT2D eigenvalue weighted by Gasteiger charge is 1.97. The van der Waals surface area contributed by atoms with E-state index in [0.717, 1.165) is 12.0 Å². The highest BCUT2D eigenvalue weighted by molar-refractivity contribution is 5.73. The Balaban J connectivity index is 2.19. The fourth-order valence-corrected chi connectivity index (χ4v) is 1.00. The van der Waals surface area contributed by atoms with Crippen molar-refractivity contribution in [3.63, 3.8) is 0 Å². The minimum Gasteiger partial charge on any atom is -0.338 e. The molecule has 1 heterocycles. The molecule has 0 spiro atoms. The van der Waals surface area contributed by atoms with Gasteiger partial charge in [0.25, 0.3) is 0 Å². The molecule has 5 nitrogen and oxygen atoms in total. The molecule has 0 saturated heterocycles. The van der Waals surface area contributed by atoms with Crippen molar-refractivity contribution >= 4 is 6.03 Å². The molecule has 2 amide bonds. The van der Waals surface area contributed by atoms with Crippen molar-refractivity contribution < 1.29 is 4.79 Å². The summed E-state index contributed by atoms with van der Waals surface area (Å²) in [5.74, 6) is 0. The first kappa shape index (κ1) is 10.4. The third-order valence-corrected chi connectivity index (χ3v) is 1.65. The molecule has 0 aliphatic rings. The molecule has 1 aromatic rings. The van der Waals surface area contributed by atoms with E-state index in [2.05, 4.69) is 20.6 Å². The molecule has 0 atom stereocenters. The average Bonchev–Trinajstić information content (AvgIpc) is 2.20. The van der Waals surface area contributed by atoms with Crippen molar-refractivity contribution in [3.8, 4) is 0 Å². The molecule has 0 bridgehead atoms. The molecular formula is C9H14N4O. The molecule has 0 unspecified atom stereocenters. The summed E-state index contributed by atoms with van der Waals surface area (Å²) in [6.45, 7) is 3.12. The van der Waals surface area contributed by atoms with E-state index in [0.29, 0.717) is 13.1 Å². The fraction of sp³-hybridized carbons (Fsp3) is 0.444. The van der Waals surface area contributed by atoms with Gasteiger partial charge in [0.05, 0.1) is 0 Å². The first-order valence-electron chi connectivity index (χ1n) is 4.58. The minimum atomic E-state index is -0.135. The van der Waals surface area contributed by atoms with Crippen LogP contribution in [0.5, 0.6) is 0 Å². The number of rotatable bonds is 4. The summed E-state index contributed by atoms with van der Waals surface area (Å²) in [5, 5.41) is 5.38. The normalized spacial score (nSPS) is 9.50. The second-order valence-electron chi connectivity index (χ2n) is 2.78. The molecule has 76 valence electrons. The summed E-state index contributed by atoms with van der Waals surface area (Å²) in [5.41, 5.74) is 1.02. The van der Waals surface area contributed by atoms with Gasteiger partial charge in [0.1, 0.15) is 6.33 Å². The molecule has 14 heavy (non-hydrogen) atoms. The first-order valence-corrected chi connectivity index (χ1v) is 4.58. The van der Waals surface area contributed by atoms with E-state index in [4.69, 9.17) is 0 Å². The third kappa shape index (κ3) is 3.84. The van der Waals surface area contributed by atoms with Gasteiger partial charge in [-0.2, -0.15) is 0 Å². The number of carbonyl (C=O) groups is 1. The average molecular weight is 194 g/mol. The van der Waals surface area contributed by atoms with Gasteiger partial charge in [-0.25, -0.2) is 14.8 Å². The molecule has 0 saturated carbocycles. The number of amides is 2. The Morgan fingerprint density at radius 1 is 1.36 bits per heavy atom. The Morgan fingerprint density at radius 2 is 2.07 bits per heavy atom. The molecule has 0 aliphatic heterocycles. The van der Waals surface area contributed by atoms with Gasteiger partial charge in [-0.05, 0) is 18.9 Å². The van der Waals surface area contributed by atoms with Gasteiger partial charge in [0, 0.05) is 25.5 Å². The number of carbonyl (C=O) groups excluding carboxylic acids is 1. The Labute approximate surface area is 83.0 Å². The number of hydrogen-bond acceptors (Lipinski definition) is 3. The lowest BCUT2D eigenvalue weighted by Crippen LogP contribution is -2.36. The summed E-state index contributed by atoms with van der Waals surface area (Å²) >= 11 is 0. The van der Waals surface area contributed by atoms with Crippen LogP contribution in [0.15, 0.2) is 18.7 Å². The summed E-state index contributed by atoms with van der Waals surface area (Å²) in [4.78, 5) is 18.7. The number of urea groups is 1. The van der Waals surface area contributed by atoms with Crippen molar-refractivity contribution in [2.75, 3.05) is 13.1 Å². The van der Waals surface area contributed by atoms with Crippen LogP contribution >= 0.6 is 0 Å². The van der Waals surface area contributed by atoms with Crippen molar-refractivity contribution in [1.29, 1.82) is 0 Å². The van der Waals surface area contributed by atoms with Crippen LogP contribution in [0.3, 0.4) is 0 Å². The fourth-order valence-electron chi connectivity index (χ4n) is 1.00. The van der Waals surface area contributed by atoms with Gasteiger partial charge in [-0.15, -0.1) is 0 Å². The van der Waals surface area contributed by atoms with Crippen LogP contribution < -0.4 is 10.6 Å². The maximum Gasteiger partial charge on any atom is 0.314 e. The zero-order valence-electron chi connectivity index (χ0n) is 8.16. The van der Waals surface area contributed by atoms with Crippen LogP contribution in [0.1, 0.15) is 12.5 Å². The highest BCUT2D eigenvalue weighted by atomic mass is 16.2. The number of aromatic nitrogens is 2. The lowest BCUT2D eigenvalue weighted by Gasteiger charge is -2.04. The zero-order chi connectivity index (χ0) is 10.2. The maximum absolute atomic E-state index is 11.0. The van der Waals surface area contributed by atoms with E-state index in [9.17, 15) is 4.79 Å². The third-order valence-electron chi connectivity index (χ3n) is 1.65. The van der Waals surface area contributed by atoms with Crippen LogP contribution in [0.2, 0.25) is 0 Å². The van der Waals surface area contributed by atoms with E-state index in [1.165, 1.54) is 6.33 Å². The lowest BCUT2D eigenvalue weighted by atomic mass is 10.2. The Bertz CT molecular complexity index is 275. The zero-order valence-corrected chi connectivity index (χ0v) is 8.16. The van der Waals surface area contributed by atoms with Crippen molar-refractivity contribution in [2.24, 2.45) is 0 Å². The molecule has 0 fully saturated rings. The van der Waals surface area contributed by atoms with E-state index in [1.807, 2.05) is 6.92 Å². The van der Waals surface area contributed by atoms with Crippen LogP contribution in [-0.2, 0) is 6.42 Å². The van der Waals surface area contributed by atoms with Crippen LogP contribution in [0.25, 0.3) is 0 Å². The molecule has 2 N–H and O–H groups in total. The van der Waals surface area contributed by atoms with Crippen LogP contribution in [-0.4, -0.2) is 29.1 Å². The number of hydrogen-bond donors (Lipinski definition) is 2. The van der Waals surface area contributed by atoms with Crippen molar-refractivity contribution in [1.82, 2.24) is 20.6 Å². The molecule has 5 heteroatoms. The molecule has 0 aromatic carbocycles. The number of nitrogens with zero attached hydrogens (tertiary/aromatic N) is 2. The largest absolute Gasteiger partial charge is 0.338 e. The van der Waals surface area contributed by atoms with E-state index >= 15 is 0 Å². The second-order valence-corrected chi connectivity index (χ2v) is 2.78. The Hall–Kier alpha value is -1.65. The molecular weight excluding hydrogens is 180 g/mol. The second kappa shape index (κ2) is 5.90. The van der Waals surface area contributed by atoms with Gasteiger partial charge in [0.2, 0.25) is 0 Å². The lowest BCUT2D eigenvalue weighted by molar-refractivity contribution is 0.241. The smallest absolute Gasteiger partial charge is 0.314 e. The van der Waals surface area contributed by atoms with Crippen LogP contribution in [0.4, 0.5) is 4.79 Å². The van der Waals surface area contributed by atoms with E-state index < -0.39 is 0 Å². The first-order chi connectivity index (χ1) is 6.83. The van der Waals surface area contributed by atoms with Gasteiger partial charge in [-0.3, -0.25) is 0 Å². The van der Waals surface area contributed by atoms with E-state index in [-0.39, 0.29) is 6.03 Å². The van der Waals surface area contributed by atoms with Gasteiger partial charge < -0.3 is 10.6 Å². The Kier molecular flexibility index (Phi) is 4.40. The predicted octanol–water partition coefficient (Wildman–Crippen LogP) is 0.338. The predicted molar refractivity (Wildman–Crippen MR) is 52.8 cm³/mol. The molecule has 1 rings (SSSR count). The summed E-state index contributed by atoms with van der Waals surface area (Å²) in [7, 11) is 0. The SMILES string of the molecule is CCNC(=O)NCCc1cncnc1. The van der Waals surface area contributed by atoms with Gasteiger partial charge >= 0.3 is 6.03 Å². The molecule has 1 aromatic heterocycles. The summed E-state index contributed by atoms with van der Waals surface area (Å²) < 4.78 is 0. The topological polar surface area (TPSA) is 66.9 Å². The number of nitrogens with one attached hydrogen (secondary N) is 2. The highest BCUT2D eigenvalue weighted by Crippen LogP contribution is 1.92.